The lowest BCUT2D eigenvalue weighted by Gasteiger charge is -2.24. The van der Waals surface area contributed by atoms with E-state index in [0.29, 0.717) is 25.7 Å². The number of rotatable bonds is 48. The predicted octanol–water partition coefficient (Wildman–Crippen LogP) is 16.9. The summed E-state index contributed by atoms with van der Waals surface area (Å²) in [7, 11) is 0. The number of aliphatic hydroxyl groups excluding tert-OH is 2. The van der Waals surface area contributed by atoms with Gasteiger partial charge in [0.15, 0.2) is 0 Å². The first-order chi connectivity index (χ1) is 32.5. The Kier molecular flexibility index (Phi) is 50.2. The van der Waals surface area contributed by atoms with Gasteiger partial charge in [0.25, 0.3) is 0 Å². The third-order valence-corrected chi connectivity index (χ3v) is 11.9. The van der Waals surface area contributed by atoms with E-state index in [1.165, 1.54) is 103 Å². The van der Waals surface area contributed by atoms with Crippen molar-refractivity contribution in [2.24, 2.45) is 0 Å². The molecule has 0 aromatic carbocycles. The van der Waals surface area contributed by atoms with Crippen LogP contribution in [0.15, 0.2) is 97.2 Å². The molecule has 0 spiro atoms. The highest BCUT2D eigenvalue weighted by atomic mass is 16.5. The van der Waals surface area contributed by atoms with Crippen LogP contribution in [0.1, 0.15) is 245 Å². The molecular formula is C60H103NO5. The van der Waals surface area contributed by atoms with Crippen LogP contribution >= 0.6 is 0 Å². The van der Waals surface area contributed by atoms with Gasteiger partial charge >= 0.3 is 5.97 Å². The molecule has 3 unspecified atom stereocenters. The van der Waals surface area contributed by atoms with E-state index >= 15 is 0 Å². The highest BCUT2D eigenvalue weighted by Gasteiger charge is 2.24. The average Bonchev–Trinajstić information content (AvgIpc) is 3.31. The van der Waals surface area contributed by atoms with Crippen LogP contribution in [0, 0.1) is 0 Å². The fourth-order valence-electron chi connectivity index (χ4n) is 7.77. The largest absolute Gasteiger partial charge is 0.462 e. The maximum Gasteiger partial charge on any atom is 0.306 e. The number of nitrogens with one attached hydrogen (secondary N) is 1. The molecule has 0 saturated carbocycles. The molecule has 3 N–H and O–H groups in total. The lowest BCUT2D eigenvalue weighted by atomic mass is 10.0. The maximum absolute atomic E-state index is 13.2. The number of aliphatic hydroxyl groups is 2. The van der Waals surface area contributed by atoms with Gasteiger partial charge in [-0.2, -0.15) is 0 Å². The molecule has 0 radical (unpaired) electrons. The Labute approximate surface area is 407 Å². The lowest BCUT2D eigenvalue weighted by molar-refractivity contribution is -0.151. The van der Waals surface area contributed by atoms with Crippen LogP contribution in [0.5, 0.6) is 0 Å². The summed E-state index contributed by atoms with van der Waals surface area (Å²) in [6.07, 6.45) is 70.4. The number of esters is 1. The van der Waals surface area contributed by atoms with Crippen molar-refractivity contribution in [1.82, 2.24) is 5.32 Å². The van der Waals surface area contributed by atoms with E-state index in [1.807, 2.05) is 0 Å². The molecule has 0 aromatic heterocycles. The second-order valence-electron chi connectivity index (χ2n) is 18.2. The van der Waals surface area contributed by atoms with Gasteiger partial charge in [0.05, 0.1) is 25.2 Å². The predicted molar refractivity (Wildman–Crippen MR) is 287 cm³/mol. The van der Waals surface area contributed by atoms with Crippen LogP contribution in [-0.2, 0) is 14.3 Å². The number of carbonyl (C=O) groups is 2. The second-order valence-corrected chi connectivity index (χ2v) is 18.2. The topological polar surface area (TPSA) is 95.9 Å². The molecule has 0 aliphatic carbocycles. The summed E-state index contributed by atoms with van der Waals surface area (Å²) in [6, 6.07) is -0.732. The first-order valence-electron chi connectivity index (χ1n) is 27.5. The smallest absolute Gasteiger partial charge is 0.306 e. The zero-order valence-electron chi connectivity index (χ0n) is 43.0. The molecule has 3 atom stereocenters. The van der Waals surface area contributed by atoms with Gasteiger partial charge in [-0.15, -0.1) is 0 Å². The van der Waals surface area contributed by atoms with Crippen molar-refractivity contribution in [1.29, 1.82) is 0 Å². The fourth-order valence-corrected chi connectivity index (χ4v) is 7.77. The number of carbonyl (C=O) groups excluding carboxylic acids is 2. The summed E-state index contributed by atoms with van der Waals surface area (Å²) in [6.45, 7) is 6.32. The summed E-state index contributed by atoms with van der Waals surface area (Å²) >= 11 is 0. The highest BCUT2D eigenvalue weighted by Crippen LogP contribution is 2.17. The normalized spacial score (nSPS) is 14.0. The quantitative estimate of drug-likeness (QED) is 0.0321. The molecule has 0 fully saturated rings. The van der Waals surface area contributed by atoms with Gasteiger partial charge < -0.3 is 20.3 Å². The Morgan fingerprint density at radius 1 is 0.455 bits per heavy atom. The van der Waals surface area contributed by atoms with Gasteiger partial charge in [0.1, 0.15) is 6.10 Å². The number of unbranched alkanes of at least 4 members (excludes halogenated alkanes) is 20. The third kappa shape index (κ3) is 47.3. The third-order valence-electron chi connectivity index (χ3n) is 11.9. The van der Waals surface area contributed by atoms with E-state index in [0.717, 1.165) is 89.9 Å². The number of ether oxygens (including phenoxy) is 1. The zero-order chi connectivity index (χ0) is 48.1. The highest BCUT2D eigenvalue weighted by molar-refractivity contribution is 5.77. The number of hydrogen-bond acceptors (Lipinski definition) is 5. The molecule has 6 heteroatoms. The van der Waals surface area contributed by atoms with Crippen molar-refractivity contribution in [2.45, 2.75) is 264 Å². The Hall–Kier alpha value is -3.22. The maximum atomic E-state index is 13.2. The molecule has 6 nitrogen and oxygen atoms in total. The van der Waals surface area contributed by atoms with Crippen LogP contribution in [0.4, 0.5) is 0 Å². The van der Waals surface area contributed by atoms with Gasteiger partial charge in [-0.1, -0.05) is 227 Å². The molecule has 0 saturated heterocycles. The molecule has 0 aromatic rings. The summed E-state index contributed by atoms with van der Waals surface area (Å²) in [5.41, 5.74) is 0. The molecule has 1 amide bonds. The molecular weight excluding hydrogens is 815 g/mol. The molecule has 0 heterocycles. The van der Waals surface area contributed by atoms with Crippen molar-refractivity contribution < 1.29 is 24.5 Å². The minimum absolute atomic E-state index is 0.0242. The first-order valence-corrected chi connectivity index (χ1v) is 27.5. The number of allylic oxidation sites excluding steroid dienone is 16. The van der Waals surface area contributed by atoms with Crippen molar-refractivity contribution in [3.8, 4) is 0 Å². The van der Waals surface area contributed by atoms with E-state index in [9.17, 15) is 19.8 Å². The van der Waals surface area contributed by atoms with Crippen LogP contribution in [0.25, 0.3) is 0 Å². The van der Waals surface area contributed by atoms with Crippen LogP contribution in [-0.4, -0.2) is 46.9 Å². The van der Waals surface area contributed by atoms with Crippen LogP contribution in [0.2, 0.25) is 0 Å². The monoisotopic (exact) mass is 918 g/mol. The van der Waals surface area contributed by atoms with Crippen LogP contribution < -0.4 is 5.32 Å². The Balaban J connectivity index is 4.73. The lowest BCUT2D eigenvalue weighted by Crippen LogP contribution is -2.46. The fraction of sp³-hybridized carbons (Fsp3) is 0.700. The SMILES string of the molecule is CC/C=C\C/C=C\C/C=C\C/C=C\C/C=C\CCCC(=O)OC(CCCC/C=C\C/C=C\C/C=C\CCCCC)CC(=O)NC(CO)C(O)CCCCCCCCCCCCCCCCC. The average molecular weight is 918 g/mol. The van der Waals surface area contributed by atoms with Crippen LogP contribution in [0.3, 0.4) is 0 Å². The van der Waals surface area contributed by atoms with Crippen molar-refractivity contribution in [3.63, 3.8) is 0 Å². The summed E-state index contributed by atoms with van der Waals surface area (Å²) < 4.78 is 5.90. The van der Waals surface area contributed by atoms with Gasteiger partial charge in [-0.05, 0) is 103 Å². The van der Waals surface area contributed by atoms with E-state index in [4.69, 9.17) is 4.74 Å². The molecule has 66 heavy (non-hydrogen) atoms. The Bertz CT molecular complexity index is 1310. The second kappa shape index (κ2) is 52.7. The number of amides is 1. The Morgan fingerprint density at radius 3 is 1.26 bits per heavy atom. The van der Waals surface area contributed by atoms with E-state index < -0.39 is 18.2 Å². The minimum atomic E-state index is -0.813. The number of hydrogen-bond donors (Lipinski definition) is 3. The zero-order valence-corrected chi connectivity index (χ0v) is 43.0. The molecule has 0 aliphatic rings. The van der Waals surface area contributed by atoms with Gasteiger partial charge in [0.2, 0.25) is 5.91 Å². The minimum Gasteiger partial charge on any atom is -0.462 e. The molecule has 0 bridgehead atoms. The first kappa shape index (κ1) is 62.8. The van der Waals surface area contributed by atoms with Crippen molar-refractivity contribution in [3.05, 3.63) is 97.2 Å². The Morgan fingerprint density at radius 2 is 0.818 bits per heavy atom. The van der Waals surface area contributed by atoms with E-state index in [1.54, 1.807) is 0 Å². The summed E-state index contributed by atoms with van der Waals surface area (Å²) in [5, 5.41) is 23.8. The summed E-state index contributed by atoms with van der Waals surface area (Å²) in [5.74, 6) is -0.585. The van der Waals surface area contributed by atoms with Crippen molar-refractivity contribution in [2.75, 3.05) is 6.61 Å². The molecule has 0 aliphatic heterocycles. The van der Waals surface area contributed by atoms with Gasteiger partial charge in [-0.3, -0.25) is 9.59 Å². The molecule has 0 rings (SSSR count). The standard InChI is InChI=1S/C60H103NO5/c1-4-7-10-13-16-19-22-25-28-29-32-35-38-41-44-47-50-53-60(65)66-56(51-48-45-42-39-36-33-30-26-23-20-17-14-11-8-5-2)54-59(64)61-57(55-62)58(63)52-49-46-43-40-37-34-31-27-24-21-18-15-12-9-6-3/h7,10,16-17,19-20,25-26,28,30,32,35-36,39,41,44,56-58,62-63H,4-6,8-9,11-15,18,21-24,27,29,31,33-34,37-38,40,42-43,45-55H2,1-3H3,(H,61,64)/b10-7-,19-16-,20-17-,28-25-,30-26-,35-32-,39-36-,44-41-. The van der Waals surface area contributed by atoms with Gasteiger partial charge in [0, 0.05) is 6.42 Å². The summed E-state index contributed by atoms with van der Waals surface area (Å²) in [4.78, 5) is 26.2. The van der Waals surface area contributed by atoms with E-state index in [-0.39, 0.29) is 24.9 Å². The van der Waals surface area contributed by atoms with Gasteiger partial charge in [-0.25, -0.2) is 0 Å². The molecule has 378 valence electrons. The van der Waals surface area contributed by atoms with E-state index in [2.05, 4.69) is 123 Å². The van der Waals surface area contributed by atoms with Crippen molar-refractivity contribution >= 4 is 11.9 Å².